The summed E-state index contributed by atoms with van der Waals surface area (Å²) < 4.78 is 0. The topological polar surface area (TPSA) is 29.3 Å². The average molecular weight is 224 g/mol. The van der Waals surface area contributed by atoms with E-state index in [1.807, 2.05) is 0 Å². The zero-order valence-electron chi connectivity index (χ0n) is 11.0. The molecule has 2 heteroatoms. The van der Waals surface area contributed by atoms with Gasteiger partial charge in [0.1, 0.15) is 0 Å². The Morgan fingerprint density at radius 2 is 1.75 bits per heavy atom. The second kappa shape index (κ2) is 5.50. The number of rotatable bonds is 5. The Hall–Kier alpha value is -0.0800. The molecule has 2 aliphatic carbocycles. The highest BCUT2D eigenvalue weighted by Gasteiger charge is 2.28. The predicted octanol–water partition coefficient (Wildman–Crippen LogP) is 2.62. The molecule has 2 saturated carbocycles. The number of nitrogens with zero attached hydrogens (tertiary/aromatic N) is 1. The Bertz CT molecular complexity index is 211. The molecule has 2 atom stereocenters. The molecule has 0 amide bonds. The molecule has 0 aromatic heterocycles. The van der Waals surface area contributed by atoms with E-state index >= 15 is 0 Å². The monoisotopic (exact) mass is 224 g/mol. The second-order valence-corrected chi connectivity index (χ2v) is 6.28. The standard InChI is InChI=1S/C14H28N2/c1-11(2)16(9-12-6-7-12)10-13-4-3-5-14(15)8-13/h11-14H,3-10,15H2,1-2H3. The molecule has 2 fully saturated rings. The Morgan fingerprint density at radius 1 is 1.06 bits per heavy atom. The van der Waals surface area contributed by atoms with E-state index < -0.39 is 0 Å². The summed E-state index contributed by atoms with van der Waals surface area (Å²) in [5.41, 5.74) is 6.07. The van der Waals surface area contributed by atoms with Gasteiger partial charge in [0.25, 0.3) is 0 Å². The van der Waals surface area contributed by atoms with Crippen molar-refractivity contribution >= 4 is 0 Å². The summed E-state index contributed by atoms with van der Waals surface area (Å²) in [6.45, 7) is 7.31. The summed E-state index contributed by atoms with van der Waals surface area (Å²) >= 11 is 0. The molecule has 2 rings (SSSR count). The van der Waals surface area contributed by atoms with Gasteiger partial charge < -0.3 is 10.6 Å². The zero-order chi connectivity index (χ0) is 11.5. The van der Waals surface area contributed by atoms with E-state index in [0.717, 1.165) is 11.8 Å². The van der Waals surface area contributed by atoms with E-state index in [4.69, 9.17) is 5.73 Å². The van der Waals surface area contributed by atoms with Crippen LogP contribution in [-0.4, -0.2) is 30.1 Å². The molecule has 2 N–H and O–H groups in total. The van der Waals surface area contributed by atoms with Crippen LogP contribution >= 0.6 is 0 Å². The normalized spacial score (nSPS) is 31.3. The molecule has 0 heterocycles. The van der Waals surface area contributed by atoms with Crippen molar-refractivity contribution in [3.63, 3.8) is 0 Å². The maximum Gasteiger partial charge on any atom is 0.00419 e. The minimum atomic E-state index is 0.480. The van der Waals surface area contributed by atoms with Gasteiger partial charge in [0, 0.05) is 25.2 Å². The Kier molecular flexibility index (Phi) is 4.26. The van der Waals surface area contributed by atoms with E-state index in [9.17, 15) is 0 Å². The lowest BCUT2D eigenvalue weighted by atomic mass is 9.85. The lowest BCUT2D eigenvalue weighted by Crippen LogP contribution is -2.40. The first-order valence-electron chi connectivity index (χ1n) is 7.14. The van der Waals surface area contributed by atoms with Crippen molar-refractivity contribution in [1.82, 2.24) is 4.90 Å². The van der Waals surface area contributed by atoms with Crippen LogP contribution < -0.4 is 5.73 Å². The smallest absolute Gasteiger partial charge is 0.00419 e. The maximum absolute atomic E-state index is 6.07. The predicted molar refractivity (Wildman–Crippen MR) is 69.4 cm³/mol. The van der Waals surface area contributed by atoms with E-state index in [2.05, 4.69) is 18.7 Å². The summed E-state index contributed by atoms with van der Waals surface area (Å²) in [6, 6.07) is 1.19. The van der Waals surface area contributed by atoms with Crippen LogP contribution in [0.3, 0.4) is 0 Å². The van der Waals surface area contributed by atoms with Gasteiger partial charge in [-0.1, -0.05) is 6.42 Å². The fraction of sp³-hybridized carbons (Fsp3) is 1.00. The second-order valence-electron chi connectivity index (χ2n) is 6.28. The third-order valence-electron chi connectivity index (χ3n) is 4.24. The van der Waals surface area contributed by atoms with Gasteiger partial charge in [0.2, 0.25) is 0 Å². The Labute approximate surface area is 101 Å². The first kappa shape index (κ1) is 12.4. The molecular weight excluding hydrogens is 196 g/mol. The molecule has 0 aliphatic heterocycles. The lowest BCUT2D eigenvalue weighted by molar-refractivity contribution is 0.154. The van der Waals surface area contributed by atoms with Gasteiger partial charge in [-0.25, -0.2) is 0 Å². The first-order chi connectivity index (χ1) is 7.65. The fourth-order valence-corrected chi connectivity index (χ4v) is 2.96. The molecule has 0 bridgehead atoms. The quantitative estimate of drug-likeness (QED) is 0.778. The van der Waals surface area contributed by atoms with Gasteiger partial charge in [-0.3, -0.25) is 0 Å². The third kappa shape index (κ3) is 3.74. The van der Waals surface area contributed by atoms with Crippen molar-refractivity contribution < 1.29 is 0 Å². The molecular formula is C14H28N2. The number of hydrogen-bond acceptors (Lipinski definition) is 2. The van der Waals surface area contributed by atoms with E-state index in [1.54, 1.807) is 0 Å². The maximum atomic E-state index is 6.07. The minimum absolute atomic E-state index is 0.480. The van der Waals surface area contributed by atoms with Crippen LogP contribution in [0.5, 0.6) is 0 Å². The number of hydrogen-bond donors (Lipinski definition) is 1. The molecule has 2 aliphatic rings. The van der Waals surface area contributed by atoms with Crippen LogP contribution in [0.25, 0.3) is 0 Å². The average Bonchev–Trinajstić information content (AvgIpc) is 3.00. The van der Waals surface area contributed by atoms with E-state index in [-0.39, 0.29) is 0 Å². The highest BCUT2D eigenvalue weighted by atomic mass is 15.2. The van der Waals surface area contributed by atoms with Crippen molar-refractivity contribution in [3.05, 3.63) is 0 Å². The van der Waals surface area contributed by atoms with Crippen LogP contribution in [0.2, 0.25) is 0 Å². The van der Waals surface area contributed by atoms with Crippen LogP contribution in [-0.2, 0) is 0 Å². The summed E-state index contributed by atoms with van der Waals surface area (Å²) in [6.07, 6.45) is 8.19. The molecule has 0 saturated heterocycles. The molecule has 16 heavy (non-hydrogen) atoms. The van der Waals surface area contributed by atoms with Crippen molar-refractivity contribution in [2.24, 2.45) is 17.6 Å². The van der Waals surface area contributed by atoms with Crippen molar-refractivity contribution in [1.29, 1.82) is 0 Å². The summed E-state index contributed by atoms with van der Waals surface area (Å²) in [4.78, 5) is 2.69. The van der Waals surface area contributed by atoms with Crippen LogP contribution in [0, 0.1) is 11.8 Å². The largest absolute Gasteiger partial charge is 0.328 e. The zero-order valence-corrected chi connectivity index (χ0v) is 11.0. The lowest BCUT2D eigenvalue weighted by Gasteiger charge is -2.34. The highest BCUT2D eigenvalue weighted by Crippen LogP contribution is 2.31. The SMILES string of the molecule is CC(C)N(CC1CC1)CC1CCCC(N)C1. The van der Waals surface area contributed by atoms with Crippen molar-refractivity contribution in [2.75, 3.05) is 13.1 Å². The van der Waals surface area contributed by atoms with Gasteiger partial charge in [-0.05, 0) is 57.8 Å². The summed E-state index contributed by atoms with van der Waals surface area (Å²) in [5.74, 6) is 1.88. The van der Waals surface area contributed by atoms with Gasteiger partial charge in [0.05, 0.1) is 0 Å². The summed E-state index contributed by atoms with van der Waals surface area (Å²) in [7, 11) is 0. The van der Waals surface area contributed by atoms with Gasteiger partial charge in [-0.2, -0.15) is 0 Å². The van der Waals surface area contributed by atoms with Crippen LogP contribution in [0.1, 0.15) is 52.4 Å². The first-order valence-corrected chi connectivity index (χ1v) is 7.14. The van der Waals surface area contributed by atoms with E-state index in [0.29, 0.717) is 12.1 Å². The molecule has 0 aromatic carbocycles. The summed E-state index contributed by atoms with van der Waals surface area (Å²) in [5, 5.41) is 0. The highest BCUT2D eigenvalue weighted by molar-refractivity contribution is 4.82. The molecule has 94 valence electrons. The Balaban J connectivity index is 1.78. The van der Waals surface area contributed by atoms with Crippen molar-refractivity contribution in [3.8, 4) is 0 Å². The van der Waals surface area contributed by atoms with Crippen LogP contribution in [0.15, 0.2) is 0 Å². The van der Waals surface area contributed by atoms with Gasteiger partial charge in [-0.15, -0.1) is 0 Å². The van der Waals surface area contributed by atoms with Gasteiger partial charge in [0.15, 0.2) is 0 Å². The fourth-order valence-electron chi connectivity index (χ4n) is 2.96. The third-order valence-corrected chi connectivity index (χ3v) is 4.24. The Morgan fingerprint density at radius 3 is 2.31 bits per heavy atom. The molecule has 2 unspecified atom stereocenters. The molecule has 0 spiro atoms. The molecule has 2 nitrogen and oxygen atoms in total. The van der Waals surface area contributed by atoms with Gasteiger partial charge >= 0.3 is 0 Å². The molecule has 0 radical (unpaired) electrons. The van der Waals surface area contributed by atoms with Crippen LogP contribution in [0.4, 0.5) is 0 Å². The van der Waals surface area contributed by atoms with E-state index in [1.165, 1.54) is 51.6 Å². The molecule has 0 aromatic rings. The minimum Gasteiger partial charge on any atom is -0.328 e. The van der Waals surface area contributed by atoms with Crippen molar-refractivity contribution in [2.45, 2.75) is 64.5 Å². The number of nitrogens with two attached hydrogens (primary N) is 1.